The average molecular weight is 587 g/mol. The van der Waals surface area contributed by atoms with Crippen LogP contribution in [-0.4, -0.2) is 116 Å². The minimum atomic E-state index is -1.62. The highest BCUT2D eigenvalue weighted by Crippen LogP contribution is 2.32. The van der Waals surface area contributed by atoms with Crippen molar-refractivity contribution in [1.82, 2.24) is 36.3 Å². The number of nitrogens with one attached hydrogen (secondary N) is 4. The van der Waals surface area contributed by atoms with Crippen molar-refractivity contribution < 1.29 is 48.8 Å². The van der Waals surface area contributed by atoms with Gasteiger partial charge in [0.25, 0.3) is 0 Å². The lowest BCUT2D eigenvalue weighted by atomic mass is 9.93. The molecule has 0 unspecified atom stereocenters. The number of carboxylic acid groups (broad SMARTS) is 1. The third kappa shape index (κ3) is 9.42. The lowest BCUT2D eigenvalue weighted by molar-refractivity contribution is -0.248. The molecule has 8 atom stereocenters. The van der Waals surface area contributed by atoms with Crippen molar-refractivity contribution in [2.24, 2.45) is 5.73 Å². The topological polar surface area (TPSA) is 269 Å². The summed E-state index contributed by atoms with van der Waals surface area (Å²) in [6, 6.07) is -4.61. The van der Waals surface area contributed by atoms with Crippen LogP contribution in [0.3, 0.4) is 0 Å². The van der Waals surface area contributed by atoms with Crippen molar-refractivity contribution in [3.05, 3.63) is 11.9 Å². The van der Waals surface area contributed by atoms with Gasteiger partial charge in [-0.05, 0) is 27.3 Å². The molecule has 0 radical (unpaired) electrons. The molecule has 1 aromatic heterocycles. The van der Waals surface area contributed by atoms with Gasteiger partial charge in [0.15, 0.2) is 6.29 Å². The first-order chi connectivity index (χ1) is 19.3. The molecule has 0 bridgehead atoms. The molecule has 0 saturated carbocycles. The number of nitrogens with two attached hydrogens (primary N) is 1. The number of carboxylic acids is 1. The summed E-state index contributed by atoms with van der Waals surface area (Å²) in [4.78, 5) is 59.9. The molecule has 0 spiro atoms. The number of rotatable bonds is 15. The molecular formula is C23H38N8O10. The minimum Gasteiger partial charge on any atom is -0.481 e. The van der Waals surface area contributed by atoms with E-state index in [0.29, 0.717) is 12.2 Å². The van der Waals surface area contributed by atoms with Crippen LogP contribution in [-0.2, 0) is 40.0 Å². The van der Waals surface area contributed by atoms with Crippen molar-refractivity contribution >= 4 is 29.6 Å². The number of carbonyl (C=O) groups excluding carboxylic acids is 4. The van der Waals surface area contributed by atoms with Gasteiger partial charge in [-0.3, -0.25) is 24.0 Å². The number of aliphatic carboxylic acids is 1. The molecule has 9 N–H and O–H groups in total. The van der Waals surface area contributed by atoms with Crippen molar-refractivity contribution in [2.45, 2.75) is 88.9 Å². The number of ether oxygens (including phenoxy) is 2. The normalized spacial score (nSPS) is 24.5. The van der Waals surface area contributed by atoms with Crippen molar-refractivity contribution in [3.8, 4) is 0 Å². The second-order valence-corrected chi connectivity index (χ2v) is 9.55. The maximum atomic E-state index is 13.0. The first kappa shape index (κ1) is 33.5. The number of aliphatic hydroxyl groups excluding tert-OH is 2. The number of hydrogen-bond acceptors (Lipinski definition) is 12. The fraction of sp³-hybridized carbons (Fsp3) is 0.696. The van der Waals surface area contributed by atoms with Gasteiger partial charge in [0, 0.05) is 19.9 Å². The smallest absolute Gasteiger partial charge is 0.303 e. The van der Waals surface area contributed by atoms with E-state index in [1.54, 1.807) is 13.2 Å². The predicted molar refractivity (Wildman–Crippen MR) is 137 cm³/mol. The van der Waals surface area contributed by atoms with Gasteiger partial charge in [0.2, 0.25) is 23.6 Å². The Kier molecular flexibility index (Phi) is 12.5. The second-order valence-electron chi connectivity index (χ2n) is 9.55. The van der Waals surface area contributed by atoms with Gasteiger partial charge in [-0.15, -0.1) is 5.10 Å². The molecule has 1 fully saturated rings. The van der Waals surface area contributed by atoms with Crippen LogP contribution in [0, 0.1) is 0 Å². The summed E-state index contributed by atoms with van der Waals surface area (Å²) >= 11 is 0. The van der Waals surface area contributed by atoms with E-state index >= 15 is 0 Å². The lowest BCUT2D eigenvalue weighted by Crippen LogP contribution is -2.64. The lowest BCUT2D eigenvalue weighted by Gasteiger charge is -2.45. The van der Waals surface area contributed by atoms with Crippen LogP contribution < -0.4 is 27.0 Å². The van der Waals surface area contributed by atoms with Gasteiger partial charge in [-0.25, -0.2) is 4.68 Å². The molecule has 1 aliphatic rings. The van der Waals surface area contributed by atoms with E-state index in [-0.39, 0.29) is 6.42 Å². The summed E-state index contributed by atoms with van der Waals surface area (Å²) in [7, 11) is 1.71. The van der Waals surface area contributed by atoms with Crippen LogP contribution >= 0.6 is 0 Å². The summed E-state index contributed by atoms with van der Waals surface area (Å²) < 4.78 is 12.9. The standard InChI is InChI=1S/C23H38N8O10/c1-10(21(37)28-14(20(24)36)5-6-16(34)35)26-22(38)11(2)40-19-17(27-12(3)33)23(39)41-15(9-32)18(19)31-8-13(7-25-4)29-30-31/h8,10-11,14-15,17-19,23,25,32,39H,5-7,9H2,1-4H3,(H2,24,36)(H,26,38)(H,27,33)(H,28,37)(H,34,35)/t10-,11+,14+,15+,17+,18+,19+,23+/m0/s1. The van der Waals surface area contributed by atoms with E-state index < -0.39 is 91.4 Å². The van der Waals surface area contributed by atoms with Crippen LogP contribution in [0.25, 0.3) is 0 Å². The third-order valence-corrected chi connectivity index (χ3v) is 6.25. The molecule has 4 amide bonds. The van der Waals surface area contributed by atoms with Crippen LogP contribution in [0.15, 0.2) is 6.20 Å². The molecule has 1 aromatic rings. The van der Waals surface area contributed by atoms with E-state index in [2.05, 4.69) is 31.6 Å². The number of aromatic nitrogens is 3. The van der Waals surface area contributed by atoms with Gasteiger partial charge in [-0.1, -0.05) is 5.21 Å². The first-order valence-corrected chi connectivity index (χ1v) is 12.8. The Labute approximate surface area is 235 Å². The minimum absolute atomic E-state index is 0.237. The molecule has 18 heteroatoms. The molecule has 230 valence electrons. The third-order valence-electron chi connectivity index (χ3n) is 6.25. The van der Waals surface area contributed by atoms with Crippen molar-refractivity contribution in [2.75, 3.05) is 13.7 Å². The Bertz CT molecular complexity index is 1080. The van der Waals surface area contributed by atoms with E-state index in [1.807, 2.05) is 0 Å². The summed E-state index contributed by atoms with van der Waals surface area (Å²) in [5.74, 6) is -4.22. The number of primary amides is 1. The molecule has 1 saturated heterocycles. The van der Waals surface area contributed by atoms with Gasteiger partial charge in [0.1, 0.15) is 42.5 Å². The maximum Gasteiger partial charge on any atom is 0.303 e. The summed E-state index contributed by atoms with van der Waals surface area (Å²) in [5, 5.41) is 47.7. The van der Waals surface area contributed by atoms with E-state index in [0.717, 1.165) is 0 Å². The predicted octanol–water partition coefficient (Wildman–Crippen LogP) is -4.13. The average Bonchev–Trinajstić information content (AvgIpc) is 3.35. The monoisotopic (exact) mass is 586 g/mol. The zero-order chi connectivity index (χ0) is 30.9. The van der Waals surface area contributed by atoms with Crippen molar-refractivity contribution in [1.29, 1.82) is 0 Å². The molecule has 1 aliphatic heterocycles. The van der Waals surface area contributed by atoms with Gasteiger partial charge < -0.3 is 51.8 Å². The largest absolute Gasteiger partial charge is 0.481 e. The van der Waals surface area contributed by atoms with E-state index in [4.69, 9.17) is 20.3 Å². The summed E-state index contributed by atoms with van der Waals surface area (Å²) in [6.07, 6.45) is -4.23. The number of nitrogens with zero attached hydrogens (tertiary/aromatic N) is 3. The first-order valence-electron chi connectivity index (χ1n) is 12.8. The zero-order valence-corrected chi connectivity index (χ0v) is 23.1. The number of carbonyl (C=O) groups is 5. The van der Waals surface area contributed by atoms with Gasteiger partial charge >= 0.3 is 5.97 Å². The maximum absolute atomic E-state index is 13.0. The van der Waals surface area contributed by atoms with Crippen LogP contribution in [0.4, 0.5) is 0 Å². The highest BCUT2D eigenvalue weighted by molar-refractivity contribution is 5.92. The molecule has 18 nitrogen and oxygen atoms in total. The second kappa shape index (κ2) is 15.3. The fourth-order valence-corrected chi connectivity index (χ4v) is 4.22. The quantitative estimate of drug-likeness (QED) is 0.0971. The Morgan fingerprint density at radius 2 is 1.88 bits per heavy atom. The van der Waals surface area contributed by atoms with E-state index in [9.17, 15) is 34.2 Å². The Morgan fingerprint density at radius 1 is 1.20 bits per heavy atom. The summed E-state index contributed by atoms with van der Waals surface area (Å²) in [6.45, 7) is 3.70. The molecule has 2 rings (SSSR count). The van der Waals surface area contributed by atoms with Gasteiger partial charge in [0.05, 0.1) is 18.5 Å². The Balaban J connectivity index is 2.22. The van der Waals surface area contributed by atoms with E-state index in [1.165, 1.54) is 25.5 Å². The molecule has 2 heterocycles. The number of aliphatic hydroxyl groups is 2. The number of amides is 4. The molecule has 41 heavy (non-hydrogen) atoms. The molecular weight excluding hydrogens is 548 g/mol. The van der Waals surface area contributed by atoms with Gasteiger partial charge in [-0.2, -0.15) is 0 Å². The molecule has 0 aromatic carbocycles. The highest BCUT2D eigenvalue weighted by Gasteiger charge is 2.49. The van der Waals surface area contributed by atoms with Crippen molar-refractivity contribution in [3.63, 3.8) is 0 Å². The Morgan fingerprint density at radius 3 is 2.44 bits per heavy atom. The molecule has 0 aliphatic carbocycles. The fourth-order valence-electron chi connectivity index (χ4n) is 4.22. The van der Waals surface area contributed by atoms with Crippen LogP contribution in [0.2, 0.25) is 0 Å². The van der Waals surface area contributed by atoms with Crippen LogP contribution in [0.5, 0.6) is 0 Å². The zero-order valence-electron chi connectivity index (χ0n) is 23.1. The highest BCUT2D eigenvalue weighted by atomic mass is 16.6. The van der Waals surface area contributed by atoms with Crippen LogP contribution in [0.1, 0.15) is 45.3 Å². The Hall–Kier alpha value is -3.71. The number of hydrogen-bond donors (Lipinski definition) is 8. The SMILES string of the molecule is CNCc1cn([C@H]2[C@H](O[C@H](C)C(=O)N[C@@H](C)C(=O)N[C@H](CCC(=O)O)C(N)=O)[C@@H](NC(C)=O)[C@H](O)O[C@@H]2CO)nn1. The summed E-state index contributed by atoms with van der Waals surface area (Å²) in [5.41, 5.74) is 5.77.